The Kier molecular flexibility index (Phi) is 6.88. The van der Waals surface area contributed by atoms with Crippen LogP contribution in [0, 0.1) is 0 Å². The number of Topliss-reactive ketones (excluding diaryl/α,β-unsaturated/α-hetero) is 1. The maximum absolute atomic E-state index is 12.5. The second kappa shape index (κ2) is 8.66. The Labute approximate surface area is 126 Å². The number of carbonyl (C=O) groups is 2. The average molecular weight is 310 g/mol. The number of esters is 1. The molecule has 1 rings (SSSR count). The number of halogens is 2. The van der Waals surface area contributed by atoms with Gasteiger partial charge in [0.2, 0.25) is 5.78 Å². The van der Waals surface area contributed by atoms with Gasteiger partial charge in [-0.2, -0.15) is 5.10 Å². The van der Waals surface area contributed by atoms with Crippen LogP contribution in [0.15, 0.2) is 47.2 Å². The summed E-state index contributed by atoms with van der Waals surface area (Å²) in [5, 5.41) is 5.04. The van der Waals surface area contributed by atoms with Crippen molar-refractivity contribution in [2.75, 3.05) is 13.7 Å². The number of hydrogen-bond acceptors (Lipinski definition) is 5. The van der Waals surface area contributed by atoms with E-state index in [9.17, 15) is 18.4 Å². The molecule has 0 radical (unpaired) electrons. The minimum Gasteiger partial charge on any atom is -0.462 e. The molecule has 0 aliphatic carbocycles. The summed E-state index contributed by atoms with van der Waals surface area (Å²) in [6, 6.07) is 9.03. The van der Waals surface area contributed by atoms with E-state index in [1.54, 1.807) is 12.1 Å². The molecule has 0 saturated heterocycles. The third kappa shape index (κ3) is 5.43. The molecule has 0 amide bonds. The van der Waals surface area contributed by atoms with Gasteiger partial charge >= 0.3 is 12.4 Å². The Morgan fingerprint density at radius 2 is 1.95 bits per heavy atom. The molecule has 0 heterocycles. The molecule has 7 heteroatoms. The maximum atomic E-state index is 12.5. The van der Waals surface area contributed by atoms with E-state index in [2.05, 4.69) is 9.84 Å². The van der Waals surface area contributed by atoms with Crippen molar-refractivity contribution in [1.82, 2.24) is 5.01 Å². The third-order valence-corrected chi connectivity index (χ3v) is 2.46. The summed E-state index contributed by atoms with van der Waals surface area (Å²) in [7, 11) is 1.41. The van der Waals surface area contributed by atoms with Gasteiger partial charge in [0.05, 0.1) is 12.8 Å². The van der Waals surface area contributed by atoms with E-state index in [0.717, 1.165) is 16.8 Å². The normalized spacial score (nSPS) is 11.8. The second-order valence-electron chi connectivity index (χ2n) is 4.16. The Morgan fingerprint density at radius 1 is 1.32 bits per heavy atom. The van der Waals surface area contributed by atoms with Crippen molar-refractivity contribution in [2.45, 2.75) is 13.3 Å². The fraction of sp³-hybridized carbons (Fsp3) is 0.267. The second-order valence-corrected chi connectivity index (χ2v) is 4.16. The molecule has 0 N–H and O–H groups in total. The number of carbonyl (C=O) groups excluding carboxylic acids is 2. The van der Waals surface area contributed by atoms with Gasteiger partial charge in [0, 0.05) is 13.2 Å². The van der Waals surface area contributed by atoms with Crippen LogP contribution in [0.2, 0.25) is 0 Å². The third-order valence-electron chi connectivity index (χ3n) is 2.46. The first-order valence-corrected chi connectivity index (χ1v) is 6.48. The van der Waals surface area contributed by atoms with Crippen LogP contribution in [-0.4, -0.2) is 43.1 Å². The zero-order valence-electron chi connectivity index (χ0n) is 12.2. The minimum absolute atomic E-state index is 0.0241. The predicted octanol–water partition coefficient (Wildman–Crippen LogP) is 2.23. The van der Waals surface area contributed by atoms with Gasteiger partial charge in [-0.05, 0) is 12.5 Å². The minimum atomic E-state index is -3.29. The van der Waals surface area contributed by atoms with Crippen molar-refractivity contribution in [3.05, 3.63) is 47.7 Å². The molecule has 0 unspecified atom stereocenters. The van der Waals surface area contributed by atoms with Crippen LogP contribution in [0.4, 0.5) is 8.78 Å². The summed E-state index contributed by atoms with van der Waals surface area (Å²) in [6.45, 7) is 1.49. The number of rotatable bonds is 7. The SMILES string of the molecule is CCOC(=O)/C(=C\N(C)/N=C\c1ccccc1)C(=O)C(F)F. The van der Waals surface area contributed by atoms with Crippen molar-refractivity contribution in [3.63, 3.8) is 0 Å². The Balaban J connectivity index is 2.92. The van der Waals surface area contributed by atoms with Crippen molar-refractivity contribution in [2.24, 2.45) is 5.10 Å². The Bertz CT molecular complexity index is 571. The number of hydrogen-bond donors (Lipinski definition) is 0. The van der Waals surface area contributed by atoms with Gasteiger partial charge in [-0.15, -0.1) is 0 Å². The first-order valence-electron chi connectivity index (χ1n) is 6.48. The van der Waals surface area contributed by atoms with Gasteiger partial charge in [0.1, 0.15) is 5.57 Å². The Hall–Kier alpha value is -2.57. The molecule has 1 aromatic rings. The summed E-state index contributed by atoms with van der Waals surface area (Å²) in [6.07, 6.45) is -0.903. The van der Waals surface area contributed by atoms with Gasteiger partial charge < -0.3 is 4.74 Å². The fourth-order valence-corrected chi connectivity index (χ4v) is 1.46. The number of hydrazone groups is 1. The molecular weight excluding hydrogens is 294 g/mol. The molecule has 0 aliphatic rings. The van der Waals surface area contributed by atoms with Crippen LogP contribution in [0.25, 0.3) is 0 Å². The number of ether oxygens (including phenoxy) is 1. The van der Waals surface area contributed by atoms with Crippen molar-refractivity contribution in [1.29, 1.82) is 0 Å². The molecule has 22 heavy (non-hydrogen) atoms. The van der Waals surface area contributed by atoms with Crippen LogP contribution in [0.5, 0.6) is 0 Å². The lowest BCUT2D eigenvalue weighted by molar-refractivity contribution is -0.141. The molecule has 0 atom stereocenters. The molecule has 0 fully saturated rings. The van der Waals surface area contributed by atoms with Crippen LogP contribution in [-0.2, 0) is 14.3 Å². The summed E-state index contributed by atoms with van der Waals surface area (Å²) in [5.74, 6) is -2.70. The van der Waals surface area contributed by atoms with Gasteiger partial charge in [-0.1, -0.05) is 30.3 Å². The molecule has 118 valence electrons. The van der Waals surface area contributed by atoms with Gasteiger partial charge in [-0.3, -0.25) is 9.80 Å². The summed E-state index contributed by atoms with van der Waals surface area (Å²) < 4.78 is 29.6. The van der Waals surface area contributed by atoms with Crippen LogP contribution in [0.1, 0.15) is 12.5 Å². The van der Waals surface area contributed by atoms with Gasteiger partial charge in [-0.25, -0.2) is 13.6 Å². The fourth-order valence-electron chi connectivity index (χ4n) is 1.46. The molecule has 0 aliphatic heterocycles. The van der Waals surface area contributed by atoms with E-state index in [4.69, 9.17) is 0 Å². The smallest absolute Gasteiger partial charge is 0.343 e. The van der Waals surface area contributed by atoms with Crippen molar-refractivity contribution < 1.29 is 23.1 Å². The van der Waals surface area contributed by atoms with E-state index >= 15 is 0 Å². The van der Waals surface area contributed by atoms with Crippen LogP contribution in [0.3, 0.4) is 0 Å². The Morgan fingerprint density at radius 3 is 2.50 bits per heavy atom. The van der Waals surface area contributed by atoms with E-state index in [1.807, 2.05) is 18.2 Å². The molecule has 0 saturated carbocycles. The van der Waals surface area contributed by atoms with E-state index in [1.165, 1.54) is 20.2 Å². The lowest BCUT2D eigenvalue weighted by Crippen LogP contribution is -2.23. The standard InChI is InChI=1S/C15H16F2N2O3/c1-3-22-15(21)12(13(20)14(16)17)10-19(2)18-9-11-7-5-4-6-8-11/h4-10,14H,3H2,1-2H3/b12-10-,18-9-. The highest BCUT2D eigenvalue weighted by Crippen LogP contribution is 2.09. The van der Waals surface area contributed by atoms with Crippen LogP contribution < -0.4 is 0 Å². The average Bonchev–Trinajstić information content (AvgIpc) is 2.51. The van der Waals surface area contributed by atoms with E-state index in [0.29, 0.717) is 0 Å². The zero-order valence-corrected chi connectivity index (χ0v) is 12.2. The highest BCUT2D eigenvalue weighted by atomic mass is 19.3. The molecule has 0 spiro atoms. The number of benzene rings is 1. The van der Waals surface area contributed by atoms with Crippen molar-refractivity contribution >= 4 is 18.0 Å². The zero-order chi connectivity index (χ0) is 16.5. The number of nitrogens with zero attached hydrogens (tertiary/aromatic N) is 2. The number of ketones is 1. The quantitative estimate of drug-likeness (QED) is 0.193. The first-order chi connectivity index (χ1) is 10.5. The summed E-state index contributed by atoms with van der Waals surface area (Å²) in [4.78, 5) is 22.9. The lowest BCUT2D eigenvalue weighted by Gasteiger charge is -2.10. The highest BCUT2D eigenvalue weighted by molar-refractivity contribution is 6.18. The van der Waals surface area contributed by atoms with E-state index < -0.39 is 23.8 Å². The summed E-state index contributed by atoms with van der Waals surface area (Å²) >= 11 is 0. The first kappa shape index (κ1) is 17.5. The monoisotopic (exact) mass is 310 g/mol. The molecule has 1 aromatic carbocycles. The lowest BCUT2D eigenvalue weighted by atomic mass is 10.2. The molecule has 0 bridgehead atoms. The highest BCUT2D eigenvalue weighted by Gasteiger charge is 2.27. The predicted molar refractivity (Wildman–Crippen MR) is 77.5 cm³/mol. The summed E-state index contributed by atoms with van der Waals surface area (Å²) in [5.41, 5.74) is 0.0326. The van der Waals surface area contributed by atoms with Crippen LogP contribution >= 0.6 is 0 Å². The largest absolute Gasteiger partial charge is 0.462 e. The topological polar surface area (TPSA) is 59.0 Å². The molecular formula is C15H16F2N2O3. The van der Waals surface area contributed by atoms with Gasteiger partial charge in [0.15, 0.2) is 0 Å². The molecule has 0 aromatic heterocycles. The van der Waals surface area contributed by atoms with Crippen molar-refractivity contribution in [3.8, 4) is 0 Å². The maximum Gasteiger partial charge on any atom is 0.343 e. The van der Waals surface area contributed by atoms with E-state index in [-0.39, 0.29) is 6.61 Å². The molecule has 5 nitrogen and oxygen atoms in total. The number of alkyl halides is 2. The van der Waals surface area contributed by atoms with Gasteiger partial charge in [0.25, 0.3) is 0 Å².